The molecule has 1 saturated heterocycles. The molecule has 2 fully saturated rings. The third kappa shape index (κ3) is 8.17. The standard InChI is InChI=1S/C22H24ClFN6O.C9H6BrClFN3O/c1-13-5-21(26-12-25-13)30-10-14-3-4-15(11-30)19(14)9-20-27-22(29(2)28-20)31-18-7-16(23)6-17(24)8-18;1-15-9(13-8(10)14-15)16-7-3-5(11)2-6(12)4-7/h5-8,12,14-15,19H,3-4,9-11H2,1-2H3;2-4H,1H3/t14-,15+,19?;/i2D3;1D3. The Morgan fingerprint density at radius 3 is 2.02 bits per heavy atom. The molecule has 5 aromatic rings. The van der Waals surface area contributed by atoms with Crippen molar-refractivity contribution in [1.82, 2.24) is 39.5 Å². The summed E-state index contributed by atoms with van der Waals surface area (Å²) in [6, 6.07) is 8.63. The summed E-state index contributed by atoms with van der Waals surface area (Å²) in [5.41, 5.74) is 0.936. The summed E-state index contributed by atoms with van der Waals surface area (Å²) in [7, 11) is 0. The predicted octanol–water partition coefficient (Wildman–Crippen LogP) is 7.37. The topological polar surface area (TPSA) is 109 Å². The van der Waals surface area contributed by atoms with Crippen LogP contribution >= 0.6 is 39.1 Å². The molecule has 2 aliphatic rings. The molecular formula is C31H30BrCl2F2N9O2. The van der Waals surface area contributed by atoms with Crippen LogP contribution in [-0.4, -0.2) is 52.6 Å². The maximum absolute atomic E-state index is 13.7. The third-order valence-electron chi connectivity index (χ3n) is 7.82. The highest BCUT2D eigenvalue weighted by Gasteiger charge is 2.42. The van der Waals surface area contributed by atoms with Crippen molar-refractivity contribution in [2.45, 2.75) is 26.2 Å². The van der Waals surface area contributed by atoms with Crippen molar-refractivity contribution in [2.24, 2.45) is 31.7 Å². The summed E-state index contributed by atoms with van der Waals surface area (Å²) >= 11 is 14.5. The van der Waals surface area contributed by atoms with E-state index in [0.717, 1.165) is 66.4 Å². The zero-order chi connectivity index (χ0) is 38.2. The van der Waals surface area contributed by atoms with Crippen LogP contribution in [0.4, 0.5) is 14.6 Å². The Kier molecular flexibility index (Phi) is 7.82. The fourth-order valence-corrected chi connectivity index (χ4v) is 6.63. The van der Waals surface area contributed by atoms with E-state index in [4.69, 9.17) is 40.9 Å². The molecule has 0 amide bonds. The van der Waals surface area contributed by atoms with Crippen LogP contribution in [0.25, 0.3) is 0 Å². The molecule has 4 heterocycles. The second kappa shape index (κ2) is 14.1. The van der Waals surface area contributed by atoms with Crippen molar-refractivity contribution in [3.05, 3.63) is 86.7 Å². The number of aromatic nitrogens is 8. The SMILES string of the molecule is [2H]C([2H])([2H])n1nc(Br)nc1Oc1cc(F)cc(Cl)c1.[2H]C([2H])([2H])n1nc(CC2[C@@H]3CC[C@H]2CN(c2cc(C)ncn2)C3)nc1Oc1cc(F)cc(Cl)c1. The number of hydrogen-bond acceptors (Lipinski definition) is 9. The molecule has 1 aliphatic heterocycles. The monoisotopic (exact) mass is 753 g/mol. The van der Waals surface area contributed by atoms with Crippen LogP contribution in [0, 0.1) is 36.3 Å². The molecule has 47 heavy (non-hydrogen) atoms. The second-order valence-corrected chi connectivity index (χ2v) is 12.7. The average molecular weight is 755 g/mol. The second-order valence-electron chi connectivity index (χ2n) is 11.1. The molecule has 11 nitrogen and oxygen atoms in total. The lowest BCUT2D eigenvalue weighted by Gasteiger charge is -2.38. The Morgan fingerprint density at radius 1 is 0.851 bits per heavy atom. The number of anilines is 1. The highest BCUT2D eigenvalue weighted by Crippen LogP contribution is 2.44. The van der Waals surface area contributed by atoms with Crippen LogP contribution in [-0.2, 0) is 20.4 Å². The molecule has 1 unspecified atom stereocenters. The molecule has 246 valence electrons. The minimum Gasteiger partial charge on any atom is -0.424 e. The minimum atomic E-state index is -2.59. The van der Waals surface area contributed by atoms with Crippen molar-refractivity contribution in [1.29, 1.82) is 0 Å². The van der Waals surface area contributed by atoms with Gasteiger partial charge in [-0.25, -0.2) is 28.1 Å². The number of halogens is 5. The fourth-order valence-electron chi connectivity index (χ4n) is 5.90. The number of ether oxygens (including phenoxy) is 2. The van der Waals surface area contributed by atoms with Gasteiger partial charge in [0.2, 0.25) is 4.73 Å². The Morgan fingerprint density at radius 2 is 1.45 bits per heavy atom. The number of nitrogens with zero attached hydrogens (tertiary/aromatic N) is 9. The summed E-state index contributed by atoms with van der Waals surface area (Å²) in [6.45, 7) is -1.45. The Labute approximate surface area is 296 Å². The lowest BCUT2D eigenvalue weighted by Crippen LogP contribution is -2.43. The molecule has 1 saturated carbocycles. The van der Waals surface area contributed by atoms with Gasteiger partial charge >= 0.3 is 12.0 Å². The summed E-state index contributed by atoms with van der Waals surface area (Å²) in [5, 5.41) is 8.15. The first kappa shape index (κ1) is 26.1. The summed E-state index contributed by atoms with van der Waals surface area (Å²) < 4.78 is 84.4. The highest BCUT2D eigenvalue weighted by molar-refractivity contribution is 9.10. The molecule has 1 aliphatic carbocycles. The maximum atomic E-state index is 13.7. The van der Waals surface area contributed by atoms with Gasteiger partial charge in [0.05, 0.1) is 0 Å². The van der Waals surface area contributed by atoms with E-state index >= 15 is 0 Å². The van der Waals surface area contributed by atoms with Gasteiger partial charge in [-0.3, -0.25) is 0 Å². The van der Waals surface area contributed by atoms with Crippen LogP contribution < -0.4 is 14.4 Å². The summed E-state index contributed by atoms with van der Waals surface area (Å²) in [5.74, 6) is 1.42. The minimum absolute atomic E-state index is 0.0235. The van der Waals surface area contributed by atoms with Crippen molar-refractivity contribution < 1.29 is 26.5 Å². The third-order valence-corrected chi connectivity index (χ3v) is 8.60. The zero-order valence-corrected chi connectivity index (χ0v) is 27.7. The smallest absolute Gasteiger partial charge is 0.321 e. The summed E-state index contributed by atoms with van der Waals surface area (Å²) in [6.07, 6.45) is 4.34. The maximum Gasteiger partial charge on any atom is 0.321 e. The van der Waals surface area contributed by atoms with Gasteiger partial charge in [-0.05, 0) is 77.7 Å². The van der Waals surface area contributed by atoms with Crippen molar-refractivity contribution in [3.63, 3.8) is 0 Å². The lowest BCUT2D eigenvalue weighted by atomic mass is 9.82. The first-order valence-electron chi connectivity index (χ1n) is 17.3. The van der Waals surface area contributed by atoms with Gasteiger partial charge in [0, 0.05) is 75.6 Å². The van der Waals surface area contributed by atoms with Crippen molar-refractivity contribution >= 4 is 44.9 Å². The number of piperidine rings is 1. The number of rotatable bonds is 7. The average Bonchev–Trinajstić information content (AvgIpc) is 3.68. The van der Waals surface area contributed by atoms with Gasteiger partial charge < -0.3 is 14.4 Å². The molecule has 3 atom stereocenters. The van der Waals surface area contributed by atoms with E-state index in [-0.39, 0.29) is 38.3 Å². The van der Waals surface area contributed by atoms with Crippen LogP contribution in [0.1, 0.15) is 32.6 Å². The zero-order valence-electron chi connectivity index (χ0n) is 30.6. The van der Waals surface area contributed by atoms with E-state index in [9.17, 15) is 8.78 Å². The Bertz CT molecular complexity index is 2050. The molecule has 2 aromatic carbocycles. The van der Waals surface area contributed by atoms with Crippen LogP contribution in [0.3, 0.4) is 0 Å². The Balaban J connectivity index is 0.000000214. The van der Waals surface area contributed by atoms with E-state index < -0.39 is 25.6 Å². The van der Waals surface area contributed by atoms with Crippen LogP contribution in [0.15, 0.2) is 53.5 Å². The van der Waals surface area contributed by atoms with Crippen molar-refractivity contribution in [2.75, 3.05) is 18.0 Å². The van der Waals surface area contributed by atoms with E-state index in [0.29, 0.717) is 34.7 Å². The van der Waals surface area contributed by atoms with E-state index in [2.05, 4.69) is 51.0 Å². The van der Waals surface area contributed by atoms with Gasteiger partial charge in [-0.15, -0.1) is 5.10 Å². The number of fused-ring (bicyclic) bond motifs is 2. The number of aryl methyl sites for hydroxylation is 3. The van der Waals surface area contributed by atoms with E-state index in [1.165, 1.54) is 12.1 Å². The molecule has 16 heteroatoms. The quantitative estimate of drug-likeness (QED) is 0.168. The number of benzene rings is 2. The van der Waals surface area contributed by atoms with Gasteiger partial charge in [0.1, 0.15) is 35.3 Å². The van der Waals surface area contributed by atoms with E-state index in [1.54, 1.807) is 6.33 Å². The molecular weight excluding hydrogens is 719 g/mol. The van der Waals surface area contributed by atoms with Gasteiger partial charge in [0.25, 0.3) is 0 Å². The molecule has 2 bridgehead atoms. The molecule has 0 radical (unpaired) electrons. The Hall–Kier alpha value is -3.88. The highest BCUT2D eigenvalue weighted by atomic mass is 79.9. The van der Waals surface area contributed by atoms with E-state index in [1.807, 2.05) is 13.0 Å². The largest absolute Gasteiger partial charge is 0.424 e. The first-order chi connectivity index (χ1) is 24.9. The van der Waals surface area contributed by atoms with Crippen LogP contribution in [0.2, 0.25) is 10.0 Å². The van der Waals surface area contributed by atoms with Crippen molar-refractivity contribution in [3.8, 4) is 23.5 Å². The molecule has 3 aromatic heterocycles. The molecule has 0 N–H and O–H groups in total. The summed E-state index contributed by atoms with van der Waals surface area (Å²) in [4.78, 5) is 19.1. The van der Waals surface area contributed by atoms with Gasteiger partial charge in [0.15, 0.2) is 5.82 Å². The molecule has 0 spiro atoms. The normalized spacial score (nSPS) is 21.0. The predicted molar refractivity (Wildman–Crippen MR) is 175 cm³/mol. The molecule has 7 rings (SSSR count). The van der Waals surface area contributed by atoms with Gasteiger partial charge in [-0.1, -0.05) is 23.2 Å². The fraction of sp³-hybridized carbons (Fsp3) is 0.355. The number of hydrogen-bond donors (Lipinski definition) is 0. The van der Waals surface area contributed by atoms with Gasteiger partial charge in [-0.2, -0.15) is 15.1 Å². The first-order valence-corrected chi connectivity index (χ1v) is 15.9. The van der Waals surface area contributed by atoms with Crippen LogP contribution in [0.5, 0.6) is 23.5 Å². The lowest BCUT2D eigenvalue weighted by molar-refractivity contribution is 0.264.